The average molecular weight is 352 g/mol. The second-order valence-corrected chi connectivity index (χ2v) is 12.3. The highest BCUT2D eigenvalue weighted by Gasteiger charge is 2.25. The highest BCUT2D eigenvalue weighted by molar-refractivity contribution is 8.26. The maximum absolute atomic E-state index is 13.7. The fraction of sp³-hybridized carbons (Fsp3) is 0. The van der Waals surface area contributed by atoms with Crippen LogP contribution in [-0.2, 0) is 11.8 Å². The number of benzene rings is 2. The van der Waals surface area contributed by atoms with Crippen LogP contribution >= 0.6 is 34.7 Å². The first-order valence-electron chi connectivity index (χ1n) is 5.36. The summed E-state index contributed by atoms with van der Waals surface area (Å²) in [5.74, 6) is -3.77. The normalized spacial score (nSPS) is 14.7. The van der Waals surface area contributed by atoms with Crippen molar-refractivity contribution in [3.8, 4) is 0 Å². The molecule has 2 aromatic rings. The zero-order valence-corrected chi connectivity index (χ0v) is 13.8. The summed E-state index contributed by atoms with van der Waals surface area (Å²) >= 11 is 16.8. The molecule has 0 amide bonds. The van der Waals surface area contributed by atoms with Crippen LogP contribution < -0.4 is 10.6 Å². The van der Waals surface area contributed by atoms with E-state index in [1.54, 1.807) is 0 Å². The first kappa shape index (κ1) is 15.2. The van der Waals surface area contributed by atoms with Crippen molar-refractivity contribution < 1.29 is 4.20 Å². The molecule has 19 heavy (non-hydrogen) atoms. The molecule has 0 radical (unpaired) electrons. The monoisotopic (exact) mass is 351 g/mol. The van der Waals surface area contributed by atoms with Crippen LogP contribution in [0.4, 0.5) is 4.20 Å². The third kappa shape index (κ3) is 3.90. The van der Waals surface area contributed by atoms with E-state index in [9.17, 15) is 4.20 Å². The number of hydrogen-bond acceptors (Lipinski definition) is 1. The summed E-state index contributed by atoms with van der Waals surface area (Å²) in [6.07, 6.45) is -2.76. The van der Waals surface area contributed by atoms with Gasteiger partial charge in [0.15, 0.2) is 0 Å². The predicted octanol–water partition coefficient (Wildman–Crippen LogP) is 5.43. The van der Waals surface area contributed by atoms with Crippen LogP contribution in [0.25, 0.3) is 0 Å². The maximum Gasteiger partial charge on any atom is 0.306 e. The van der Waals surface area contributed by atoms with Gasteiger partial charge in [-0.3, -0.25) is 0 Å². The van der Waals surface area contributed by atoms with Gasteiger partial charge in [0.1, 0.15) is 6.41 Å². The summed E-state index contributed by atoms with van der Waals surface area (Å²) in [4.78, 5) is 0. The molecule has 0 aliphatic rings. The summed E-state index contributed by atoms with van der Waals surface area (Å²) in [6, 6.07) is 18.3. The number of nitrogens with zero attached hydrogens (tertiary/aromatic N) is 1. The molecule has 1 nitrogen and oxygen atoms in total. The quantitative estimate of drug-likeness (QED) is 0.672. The molecule has 0 bridgehead atoms. The van der Waals surface area contributed by atoms with Crippen LogP contribution in [0.2, 0.25) is 0 Å². The van der Waals surface area contributed by atoms with Crippen LogP contribution in [0.3, 0.4) is 0 Å². The largest absolute Gasteiger partial charge is 0.306 e. The third-order valence-corrected chi connectivity index (χ3v) is 9.25. The molecule has 1 unspecified atom stereocenters. The minimum atomic E-state index is -3.77. The van der Waals surface area contributed by atoms with E-state index in [-0.39, 0.29) is 0 Å². The van der Waals surface area contributed by atoms with Crippen LogP contribution in [-0.4, -0.2) is 0 Å². The topological polar surface area (TPSA) is 12.4 Å². The molecule has 0 saturated carbocycles. The lowest BCUT2D eigenvalue weighted by atomic mass is 10.4. The van der Waals surface area contributed by atoms with Gasteiger partial charge in [-0.25, -0.2) is 4.52 Å². The predicted molar refractivity (Wildman–Crippen MR) is 88.6 cm³/mol. The van der Waals surface area contributed by atoms with Crippen molar-refractivity contribution in [2.45, 2.75) is 0 Å². The van der Waals surface area contributed by atoms with Crippen molar-refractivity contribution >= 4 is 57.2 Å². The summed E-state index contributed by atoms with van der Waals surface area (Å²) in [7, 11) is 0. The van der Waals surface area contributed by atoms with E-state index in [4.69, 9.17) is 22.5 Å². The summed E-state index contributed by atoms with van der Waals surface area (Å²) in [6.45, 7) is 0. The number of rotatable bonds is 3. The summed E-state index contributed by atoms with van der Waals surface area (Å²) < 4.78 is 17.7. The van der Waals surface area contributed by atoms with Crippen molar-refractivity contribution in [2.75, 3.05) is 0 Å². The van der Waals surface area contributed by atoms with Gasteiger partial charge < -0.3 is 0 Å². The van der Waals surface area contributed by atoms with Crippen molar-refractivity contribution in [3.05, 3.63) is 60.7 Å². The van der Waals surface area contributed by atoms with E-state index in [2.05, 4.69) is 16.3 Å². The SMILES string of the molecule is FP(=S)(Cl)N=P(Cl)(c1ccccc1)c1ccccc1. The molecule has 2 rings (SSSR count). The van der Waals surface area contributed by atoms with Gasteiger partial charge in [0, 0.05) is 10.6 Å². The summed E-state index contributed by atoms with van der Waals surface area (Å²) in [5.41, 5.74) is 0. The molecule has 0 saturated heterocycles. The van der Waals surface area contributed by atoms with E-state index in [0.717, 1.165) is 10.6 Å². The van der Waals surface area contributed by atoms with E-state index in [1.807, 2.05) is 60.7 Å². The molecule has 0 N–H and O–H groups in total. The van der Waals surface area contributed by atoms with Gasteiger partial charge in [-0.15, -0.1) is 0 Å². The van der Waals surface area contributed by atoms with Crippen LogP contribution in [0.15, 0.2) is 65.2 Å². The molecule has 0 aromatic heterocycles. The van der Waals surface area contributed by atoms with Crippen molar-refractivity contribution in [1.82, 2.24) is 0 Å². The Hall–Kier alpha value is -0.170. The Labute approximate surface area is 126 Å². The van der Waals surface area contributed by atoms with Crippen molar-refractivity contribution in [2.24, 2.45) is 4.52 Å². The van der Waals surface area contributed by atoms with Gasteiger partial charge in [-0.1, -0.05) is 71.9 Å². The van der Waals surface area contributed by atoms with Gasteiger partial charge in [0.25, 0.3) is 0 Å². The fourth-order valence-electron chi connectivity index (χ4n) is 1.65. The lowest BCUT2D eigenvalue weighted by molar-refractivity contribution is 0.909. The second-order valence-electron chi connectivity index (χ2n) is 3.75. The molecular formula is C12H10Cl2FNP2S. The van der Waals surface area contributed by atoms with E-state index >= 15 is 0 Å². The van der Waals surface area contributed by atoms with Gasteiger partial charge >= 0.3 is 5.85 Å². The van der Waals surface area contributed by atoms with E-state index in [1.165, 1.54) is 0 Å². The van der Waals surface area contributed by atoms with Gasteiger partial charge in [-0.2, -0.15) is 4.20 Å². The zero-order valence-electron chi connectivity index (χ0n) is 9.66. The molecule has 2 aromatic carbocycles. The smallest absolute Gasteiger partial charge is 0.204 e. The lowest BCUT2D eigenvalue weighted by Gasteiger charge is -2.18. The Morgan fingerprint density at radius 1 is 0.842 bits per heavy atom. The fourth-order valence-corrected chi connectivity index (χ4v) is 9.14. The van der Waals surface area contributed by atoms with Crippen molar-refractivity contribution in [3.63, 3.8) is 0 Å². The molecule has 0 fully saturated rings. The molecule has 0 aliphatic heterocycles. The van der Waals surface area contributed by atoms with E-state index in [0.29, 0.717) is 0 Å². The van der Waals surface area contributed by atoms with Crippen molar-refractivity contribution in [1.29, 1.82) is 0 Å². The molecule has 1 atom stereocenters. The third-order valence-electron chi connectivity index (χ3n) is 2.42. The van der Waals surface area contributed by atoms with Gasteiger partial charge in [0.05, 0.1) is 0 Å². The number of halogens is 3. The highest BCUT2D eigenvalue weighted by atomic mass is 35.7. The Bertz CT molecular complexity index is 614. The maximum atomic E-state index is 13.7. The second kappa shape index (κ2) is 6.08. The molecule has 0 aliphatic carbocycles. The van der Waals surface area contributed by atoms with Crippen LogP contribution in [0.5, 0.6) is 0 Å². The first-order chi connectivity index (χ1) is 8.92. The molecule has 7 heteroatoms. The van der Waals surface area contributed by atoms with E-state index < -0.39 is 12.3 Å². The minimum Gasteiger partial charge on any atom is -0.204 e. The summed E-state index contributed by atoms with van der Waals surface area (Å²) in [5, 5.41) is 1.49. The van der Waals surface area contributed by atoms with Crippen LogP contribution in [0, 0.1) is 0 Å². The Balaban J connectivity index is 2.72. The first-order valence-corrected chi connectivity index (χ1v) is 11.6. The number of hydrogen-bond donors (Lipinski definition) is 0. The average Bonchev–Trinajstić information content (AvgIpc) is 2.39. The Kier molecular flexibility index (Phi) is 4.87. The van der Waals surface area contributed by atoms with Gasteiger partial charge in [0.2, 0.25) is 0 Å². The Morgan fingerprint density at radius 3 is 1.53 bits per heavy atom. The van der Waals surface area contributed by atoms with Gasteiger partial charge in [-0.05, 0) is 23.0 Å². The minimum absolute atomic E-state index is 0.746. The highest BCUT2D eigenvalue weighted by Crippen LogP contribution is 2.67. The standard InChI is InChI=1S/C12H10Cl2FNP2S/c13-17(16-18(14,15)19,11-7-3-1-4-8-11)12-9-5-2-6-10-12/h1-10H. The van der Waals surface area contributed by atoms with Crippen LogP contribution in [0.1, 0.15) is 0 Å². The zero-order chi connectivity index (χ0) is 13.9. The molecule has 100 valence electrons. The molecule has 0 spiro atoms. The molecule has 0 heterocycles. The molecular weight excluding hydrogens is 342 g/mol. The Morgan fingerprint density at radius 2 is 1.21 bits per heavy atom. The lowest BCUT2D eigenvalue weighted by Crippen LogP contribution is -2.11.